The molecule has 9 nitrogen and oxygen atoms in total. The zero-order valence-electron chi connectivity index (χ0n) is 29.4. The van der Waals surface area contributed by atoms with Crippen LogP contribution in [0.25, 0.3) is 0 Å². The highest BCUT2D eigenvalue weighted by atomic mass is 16.5. The number of piperidine rings is 3. The molecule has 3 fully saturated rings. The van der Waals surface area contributed by atoms with Gasteiger partial charge in [0.1, 0.15) is 18.3 Å². The summed E-state index contributed by atoms with van der Waals surface area (Å²) in [5.74, 6) is 0. The molecule has 0 atom stereocenters. The Labute approximate surface area is 256 Å². The first kappa shape index (κ1) is 33.2. The third-order valence-electron chi connectivity index (χ3n) is 11.2. The minimum atomic E-state index is -0.0308. The third kappa shape index (κ3) is 6.83. The first-order valence-electron chi connectivity index (χ1n) is 15.9. The lowest BCUT2D eigenvalue weighted by atomic mass is 9.79. The van der Waals surface area contributed by atoms with E-state index in [2.05, 4.69) is 119 Å². The topological polar surface area (TPSA) is 76.1 Å². The molecule has 0 amide bonds. The fourth-order valence-electron chi connectivity index (χ4n) is 8.01. The molecule has 0 N–H and O–H groups in total. The maximum Gasteiger partial charge on any atom is 0.326 e. The van der Waals surface area contributed by atoms with E-state index in [1.807, 2.05) is 0 Å². The molecule has 240 valence electrons. The first-order valence-corrected chi connectivity index (χ1v) is 15.9. The summed E-state index contributed by atoms with van der Waals surface area (Å²) in [6, 6.07) is 0.858. The van der Waals surface area contributed by atoms with Crippen LogP contribution in [-0.4, -0.2) is 102 Å². The highest BCUT2D eigenvalue weighted by Crippen LogP contribution is 2.41. The molecule has 4 heterocycles. The number of likely N-dealkylation sites (tertiary alicyclic amines) is 3. The van der Waals surface area contributed by atoms with Gasteiger partial charge in [0.05, 0.1) is 0 Å². The number of aromatic nitrogens is 3. The van der Waals surface area contributed by atoms with Crippen LogP contribution in [0.4, 0.5) is 0 Å². The predicted molar refractivity (Wildman–Crippen MR) is 169 cm³/mol. The Balaban J connectivity index is 1.63. The molecule has 1 aromatic rings. The average molecular weight is 589 g/mol. The van der Waals surface area contributed by atoms with E-state index in [0.29, 0.717) is 0 Å². The van der Waals surface area contributed by atoms with Crippen LogP contribution in [-0.2, 0) is 0 Å². The molecular formula is C33H60N6O3. The zero-order chi connectivity index (χ0) is 31.7. The van der Waals surface area contributed by atoms with Crippen LogP contribution in [0.5, 0.6) is 18.0 Å². The largest absolute Gasteiger partial charge is 0.460 e. The summed E-state index contributed by atoms with van der Waals surface area (Å²) >= 11 is 0. The molecule has 0 bridgehead atoms. The molecule has 1 aromatic heterocycles. The van der Waals surface area contributed by atoms with Gasteiger partial charge in [0.25, 0.3) is 0 Å². The maximum atomic E-state index is 6.57. The average Bonchev–Trinajstić information content (AvgIpc) is 2.78. The number of hydrogen-bond donors (Lipinski definition) is 0. The molecule has 3 saturated heterocycles. The Bertz CT molecular complexity index is 926. The third-order valence-corrected chi connectivity index (χ3v) is 11.2. The van der Waals surface area contributed by atoms with Crippen LogP contribution < -0.4 is 14.2 Å². The molecule has 42 heavy (non-hydrogen) atoms. The van der Waals surface area contributed by atoms with Gasteiger partial charge in [-0.1, -0.05) is 0 Å². The highest BCUT2D eigenvalue weighted by Gasteiger charge is 2.47. The smallest absolute Gasteiger partial charge is 0.326 e. The molecule has 0 aromatic carbocycles. The van der Waals surface area contributed by atoms with E-state index in [4.69, 9.17) is 29.2 Å². The predicted octanol–water partition coefficient (Wildman–Crippen LogP) is 5.96. The molecule has 0 unspecified atom stereocenters. The lowest BCUT2D eigenvalue weighted by molar-refractivity contribution is -0.0640. The fraction of sp³-hybridized carbons (Fsp3) is 0.909. The van der Waals surface area contributed by atoms with Crippen LogP contribution in [0.3, 0.4) is 0 Å². The minimum absolute atomic E-state index is 0.0192. The van der Waals surface area contributed by atoms with Crippen molar-refractivity contribution in [1.29, 1.82) is 0 Å². The van der Waals surface area contributed by atoms with Crippen LogP contribution >= 0.6 is 0 Å². The van der Waals surface area contributed by atoms with E-state index in [9.17, 15) is 0 Å². The van der Waals surface area contributed by atoms with Crippen molar-refractivity contribution in [3.63, 3.8) is 0 Å². The van der Waals surface area contributed by atoms with Crippen molar-refractivity contribution >= 4 is 0 Å². The lowest BCUT2D eigenvalue weighted by Crippen LogP contribution is -2.61. The molecular weight excluding hydrogens is 528 g/mol. The van der Waals surface area contributed by atoms with Crippen molar-refractivity contribution < 1.29 is 14.2 Å². The second-order valence-corrected chi connectivity index (χ2v) is 17.2. The molecule has 9 heteroatoms. The Morgan fingerprint density at radius 1 is 0.405 bits per heavy atom. The van der Waals surface area contributed by atoms with Crippen molar-refractivity contribution in [3.05, 3.63) is 0 Å². The van der Waals surface area contributed by atoms with Crippen molar-refractivity contribution in [2.24, 2.45) is 0 Å². The number of nitrogens with zero attached hydrogens (tertiary/aromatic N) is 6. The van der Waals surface area contributed by atoms with Gasteiger partial charge in [0, 0.05) is 71.8 Å². The molecule has 3 aliphatic rings. The van der Waals surface area contributed by atoms with Gasteiger partial charge >= 0.3 is 18.0 Å². The number of ether oxygens (including phenoxy) is 3. The van der Waals surface area contributed by atoms with Gasteiger partial charge in [-0.05, 0) is 104 Å². The zero-order valence-corrected chi connectivity index (χ0v) is 29.4. The van der Waals surface area contributed by atoms with E-state index in [0.717, 1.165) is 38.5 Å². The number of rotatable bonds is 6. The Morgan fingerprint density at radius 2 is 0.571 bits per heavy atom. The van der Waals surface area contributed by atoms with E-state index >= 15 is 0 Å². The summed E-state index contributed by atoms with van der Waals surface area (Å²) in [6.07, 6.45) is 5.16. The van der Waals surface area contributed by atoms with E-state index in [1.165, 1.54) is 0 Å². The van der Waals surface area contributed by atoms with E-state index in [-0.39, 0.29) is 69.6 Å². The molecule has 0 saturated carbocycles. The SMILES string of the molecule is CN1C(C)(C)CC(Oc2nc(OC3CC(C)(C)N(C)C(C)(C)C3)nc(OC3CC(C)(C)N(C)C(C)(C)C3)n2)CC1(C)C. The molecule has 4 rings (SSSR count). The molecule has 0 radical (unpaired) electrons. The summed E-state index contributed by atoms with van der Waals surface area (Å²) in [5.41, 5.74) is -0.115. The van der Waals surface area contributed by atoms with E-state index < -0.39 is 0 Å². The van der Waals surface area contributed by atoms with Gasteiger partial charge in [0.2, 0.25) is 0 Å². The summed E-state index contributed by atoms with van der Waals surface area (Å²) in [6.45, 7) is 27.3. The summed E-state index contributed by atoms with van der Waals surface area (Å²) in [5, 5.41) is 0. The van der Waals surface area contributed by atoms with Crippen molar-refractivity contribution in [2.75, 3.05) is 21.1 Å². The van der Waals surface area contributed by atoms with Crippen LogP contribution in [0, 0.1) is 0 Å². The molecule has 0 aliphatic carbocycles. The van der Waals surface area contributed by atoms with Crippen LogP contribution in [0.1, 0.15) is 122 Å². The van der Waals surface area contributed by atoms with Crippen molar-refractivity contribution in [2.45, 2.75) is 173 Å². The van der Waals surface area contributed by atoms with Crippen molar-refractivity contribution in [3.8, 4) is 18.0 Å². The first-order chi connectivity index (χ1) is 18.9. The van der Waals surface area contributed by atoms with Gasteiger partial charge in [-0.2, -0.15) is 0 Å². The molecule has 3 aliphatic heterocycles. The Kier molecular flexibility index (Phi) is 8.47. The minimum Gasteiger partial charge on any atom is -0.460 e. The van der Waals surface area contributed by atoms with Crippen molar-refractivity contribution in [1.82, 2.24) is 29.7 Å². The van der Waals surface area contributed by atoms with Gasteiger partial charge < -0.3 is 14.2 Å². The number of hydrogen-bond acceptors (Lipinski definition) is 9. The Morgan fingerprint density at radius 3 is 0.738 bits per heavy atom. The summed E-state index contributed by atoms with van der Waals surface area (Å²) in [4.78, 5) is 21.5. The summed E-state index contributed by atoms with van der Waals surface area (Å²) < 4.78 is 19.7. The van der Waals surface area contributed by atoms with Gasteiger partial charge in [-0.15, -0.1) is 15.0 Å². The van der Waals surface area contributed by atoms with Crippen LogP contribution in [0.2, 0.25) is 0 Å². The Hall–Kier alpha value is -1.71. The fourth-order valence-corrected chi connectivity index (χ4v) is 8.01. The van der Waals surface area contributed by atoms with Crippen LogP contribution in [0.15, 0.2) is 0 Å². The normalized spacial score (nSPS) is 28.4. The maximum absolute atomic E-state index is 6.57. The van der Waals surface area contributed by atoms with Gasteiger partial charge in [-0.25, -0.2) is 0 Å². The second kappa shape index (κ2) is 10.7. The standard InChI is InChI=1S/C33H60N6O3/c1-28(2)16-22(17-29(3,4)37(28)13)40-25-34-26(41-23-18-30(5,6)38(14)31(7,8)19-23)36-27(35-25)42-24-20-32(9,10)39(15)33(11,12)21-24/h22-24H,16-21H2,1-15H3. The van der Waals surface area contributed by atoms with Gasteiger partial charge in [0.15, 0.2) is 0 Å². The van der Waals surface area contributed by atoms with Gasteiger partial charge in [-0.3, -0.25) is 14.7 Å². The highest BCUT2D eigenvalue weighted by molar-refractivity contribution is 5.13. The quantitative estimate of drug-likeness (QED) is 0.400. The lowest BCUT2D eigenvalue weighted by Gasteiger charge is -2.53. The van der Waals surface area contributed by atoms with E-state index in [1.54, 1.807) is 0 Å². The summed E-state index contributed by atoms with van der Waals surface area (Å²) in [7, 11) is 6.60. The molecule has 0 spiro atoms. The second-order valence-electron chi connectivity index (χ2n) is 17.2. The monoisotopic (exact) mass is 588 g/mol.